The number of nitrogens with zero attached hydrogens (tertiary/aromatic N) is 3. The Morgan fingerprint density at radius 3 is 2.67 bits per heavy atom. The number of hydrogen-bond acceptors (Lipinski definition) is 3. The molecule has 112 valence electrons. The Hall–Kier alpha value is -2.21. The summed E-state index contributed by atoms with van der Waals surface area (Å²) in [5, 5.41) is 13.4. The van der Waals surface area contributed by atoms with E-state index in [-0.39, 0.29) is 30.8 Å². The first-order valence-electron chi connectivity index (χ1n) is 6.68. The van der Waals surface area contributed by atoms with Crippen molar-refractivity contribution in [2.45, 2.75) is 19.4 Å². The lowest BCUT2D eigenvalue weighted by Gasteiger charge is -2.22. The molecule has 0 fully saturated rings. The molecule has 1 heterocycles. The highest BCUT2D eigenvalue weighted by Crippen LogP contribution is 2.10. The van der Waals surface area contributed by atoms with E-state index in [1.165, 1.54) is 17.0 Å². The lowest BCUT2D eigenvalue weighted by Crippen LogP contribution is -2.38. The summed E-state index contributed by atoms with van der Waals surface area (Å²) >= 11 is 0. The first kappa shape index (κ1) is 15.2. The molecule has 0 saturated heterocycles. The number of amides is 1. The number of rotatable bonds is 5. The fraction of sp³-hybridized carbons (Fsp3) is 0.333. The zero-order valence-corrected chi connectivity index (χ0v) is 12.0. The van der Waals surface area contributed by atoms with Crippen LogP contribution in [0.15, 0.2) is 36.5 Å². The van der Waals surface area contributed by atoms with E-state index < -0.39 is 0 Å². The van der Waals surface area contributed by atoms with Crippen molar-refractivity contribution in [1.82, 2.24) is 14.7 Å². The summed E-state index contributed by atoms with van der Waals surface area (Å²) < 4.78 is 14.5. The van der Waals surface area contributed by atoms with Crippen LogP contribution in [0.4, 0.5) is 4.39 Å². The summed E-state index contributed by atoms with van der Waals surface area (Å²) in [5.41, 5.74) is 1.36. The predicted molar refractivity (Wildman–Crippen MR) is 76.5 cm³/mol. The number of carbonyl (C=O) groups is 1. The van der Waals surface area contributed by atoms with E-state index in [2.05, 4.69) is 5.10 Å². The van der Waals surface area contributed by atoms with Gasteiger partial charge in [0, 0.05) is 13.2 Å². The van der Waals surface area contributed by atoms with E-state index >= 15 is 0 Å². The average molecular weight is 291 g/mol. The van der Waals surface area contributed by atoms with Crippen molar-refractivity contribution in [1.29, 1.82) is 0 Å². The van der Waals surface area contributed by atoms with Crippen LogP contribution in [-0.2, 0) is 11.2 Å². The van der Waals surface area contributed by atoms with Crippen LogP contribution in [0.5, 0.6) is 0 Å². The third-order valence-corrected chi connectivity index (χ3v) is 3.39. The number of benzene rings is 1. The molecule has 2 aromatic rings. The highest BCUT2D eigenvalue weighted by atomic mass is 19.1. The molecule has 1 aromatic carbocycles. The second-order valence-corrected chi connectivity index (χ2v) is 4.94. The first-order valence-corrected chi connectivity index (χ1v) is 6.68. The van der Waals surface area contributed by atoms with Crippen molar-refractivity contribution in [3.05, 3.63) is 48.0 Å². The number of aliphatic hydroxyl groups excluding tert-OH is 1. The quantitative estimate of drug-likeness (QED) is 0.905. The van der Waals surface area contributed by atoms with Crippen LogP contribution >= 0.6 is 0 Å². The fourth-order valence-corrected chi connectivity index (χ4v) is 1.84. The van der Waals surface area contributed by atoms with E-state index in [9.17, 15) is 9.18 Å². The van der Waals surface area contributed by atoms with E-state index in [1.807, 2.05) is 0 Å². The molecule has 1 atom stereocenters. The Labute approximate surface area is 122 Å². The van der Waals surface area contributed by atoms with Gasteiger partial charge in [0.2, 0.25) is 5.91 Å². The van der Waals surface area contributed by atoms with E-state index in [0.717, 1.165) is 5.69 Å². The topological polar surface area (TPSA) is 58.4 Å². The average Bonchev–Trinajstić information content (AvgIpc) is 2.94. The molecule has 1 amide bonds. The molecular weight excluding hydrogens is 273 g/mol. The Morgan fingerprint density at radius 2 is 2.05 bits per heavy atom. The molecule has 1 N–H and O–H groups in total. The number of aromatic nitrogens is 2. The van der Waals surface area contributed by atoms with E-state index in [4.69, 9.17) is 5.11 Å². The molecule has 0 aliphatic heterocycles. The van der Waals surface area contributed by atoms with Gasteiger partial charge in [-0.15, -0.1) is 0 Å². The second-order valence-electron chi connectivity index (χ2n) is 4.94. The third kappa shape index (κ3) is 3.66. The van der Waals surface area contributed by atoms with Gasteiger partial charge < -0.3 is 10.0 Å². The first-order chi connectivity index (χ1) is 10.0. The maximum absolute atomic E-state index is 12.9. The molecule has 0 saturated carbocycles. The summed E-state index contributed by atoms with van der Waals surface area (Å²) in [6.07, 6.45) is 1.89. The normalized spacial score (nSPS) is 12.2. The number of hydrogen-bond donors (Lipinski definition) is 1. The highest BCUT2D eigenvalue weighted by Gasteiger charge is 2.16. The minimum absolute atomic E-state index is 0.0771. The molecule has 0 bridgehead atoms. The third-order valence-electron chi connectivity index (χ3n) is 3.39. The molecule has 0 aliphatic carbocycles. The van der Waals surface area contributed by atoms with Gasteiger partial charge >= 0.3 is 0 Å². The van der Waals surface area contributed by atoms with Gasteiger partial charge in [-0.05, 0) is 37.3 Å². The molecule has 0 aliphatic rings. The molecular formula is C15H18FN3O2. The monoisotopic (exact) mass is 291 g/mol. The van der Waals surface area contributed by atoms with Crippen LogP contribution in [0.25, 0.3) is 5.69 Å². The molecule has 0 spiro atoms. The van der Waals surface area contributed by atoms with Crippen LogP contribution in [-0.4, -0.2) is 45.4 Å². The predicted octanol–water partition coefficient (Wildman–Crippen LogP) is 1.39. The van der Waals surface area contributed by atoms with Crippen LogP contribution in [0.1, 0.15) is 12.6 Å². The van der Waals surface area contributed by atoms with Gasteiger partial charge in [0.25, 0.3) is 0 Å². The molecule has 1 aromatic heterocycles. The molecule has 5 nitrogen and oxygen atoms in total. The Balaban J connectivity index is 2.06. The van der Waals surface area contributed by atoms with Crippen molar-refractivity contribution in [3.63, 3.8) is 0 Å². The number of aliphatic hydroxyl groups is 1. The Bertz CT molecular complexity index is 610. The minimum atomic E-state index is -0.305. The molecule has 2 rings (SSSR count). The minimum Gasteiger partial charge on any atom is -0.394 e. The van der Waals surface area contributed by atoms with Gasteiger partial charge in [-0.3, -0.25) is 4.79 Å². The molecule has 1 unspecified atom stereocenters. The van der Waals surface area contributed by atoms with Crippen LogP contribution in [0.2, 0.25) is 0 Å². The number of likely N-dealkylation sites (N-methyl/N-ethyl adjacent to an activating group) is 1. The van der Waals surface area contributed by atoms with Gasteiger partial charge in [0.05, 0.1) is 30.5 Å². The highest BCUT2D eigenvalue weighted by molar-refractivity contribution is 5.78. The van der Waals surface area contributed by atoms with Crippen molar-refractivity contribution in [3.8, 4) is 5.69 Å². The number of halogens is 1. The fourth-order valence-electron chi connectivity index (χ4n) is 1.84. The molecule has 0 radical (unpaired) electrons. The van der Waals surface area contributed by atoms with Crippen molar-refractivity contribution < 1.29 is 14.3 Å². The maximum Gasteiger partial charge on any atom is 0.228 e. The summed E-state index contributed by atoms with van der Waals surface area (Å²) in [5.74, 6) is -0.415. The standard InChI is InChI=1S/C15H18FN3O2/c1-11(10-20)18(2)15(21)9-13-7-8-19(17-13)14-5-3-12(16)4-6-14/h3-8,11,20H,9-10H2,1-2H3. The van der Waals surface area contributed by atoms with Crippen molar-refractivity contribution in [2.75, 3.05) is 13.7 Å². The lowest BCUT2D eigenvalue weighted by molar-refractivity contribution is -0.131. The van der Waals surface area contributed by atoms with E-state index in [0.29, 0.717) is 5.69 Å². The maximum atomic E-state index is 12.9. The Morgan fingerprint density at radius 1 is 1.38 bits per heavy atom. The molecule has 21 heavy (non-hydrogen) atoms. The zero-order valence-electron chi connectivity index (χ0n) is 12.0. The largest absolute Gasteiger partial charge is 0.394 e. The summed E-state index contributed by atoms with van der Waals surface area (Å²) in [6.45, 7) is 1.70. The summed E-state index contributed by atoms with van der Waals surface area (Å²) in [4.78, 5) is 13.5. The van der Waals surface area contributed by atoms with Crippen molar-refractivity contribution >= 4 is 5.91 Å². The van der Waals surface area contributed by atoms with Gasteiger partial charge in [0.15, 0.2) is 0 Å². The SMILES string of the molecule is CC(CO)N(C)C(=O)Cc1ccn(-c2ccc(F)cc2)n1. The zero-order chi connectivity index (χ0) is 15.4. The van der Waals surface area contributed by atoms with Crippen LogP contribution in [0, 0.1) is 5.82 Å². The van der Waals surface area contributed by atoms with Crippen molar-refractivity contribution in [2.24, 2.45) is 0 Å². The number of carbonyl (C=O) groups excluding carboxylic acids is 1. The lowest BCUT2D eigenvalue weighted by atomic mass is 10.2. The van der Waals surface area contributed by atoms with E-state index in [1.54, 1.807) is 43.0 Å². The summed E-state index contributed by atoms with van der Waals surface area (Å²) in [7, 11) is 1.65. The van der Waals surface area contributed by atoms with Crippen LogP contribution < -0.4 is 0 Å². The van der Waals surface area contributed by atoms with Gasteiger partial charge in [-0.25, -0.2) is 9.07 Å². The Kier molecular flexibility index (Phi) is 4.70. The van der Waals surface area contributed by atoms with Gasteiger partial charge in [-0.1, -0.05) is 0 Å². The summed E-state index contributed by atoms with van der Waals surface area (Å²) in [6, 6.07) is 7.48. The van der Waals surface area contributed by atoms with Gasteiger partial charge in [-0.2, -0.15) is 5.10 Å². The van der Waals surface area contributed by atoms with Gasteiger partial charge in [0.1, 0.15) is 5.82 Å². The smallest absolute Gasteiger partial charge is 0.228 e. The molecule has 6 heteroatoms. The second kappa shape index (κ2) is 6.49. The van der Waals surface area contributed by atoms with Crippen LogP contribution in [0.3, 0.4) is 0 Å².